The van der Waals surface area contributed by atoms with Crippen molar-refractivity contribution in [1.82, 2.24) is 10.2 Å². The molecule has 2 aromatic heterocycles. The second-order valence-corrected chi connectivity index (χ2v) is 7.51. The maximum absolute atomic E-state index is 11.9. The Bertz CT molecular complexity index is 1010. The molecule has 0 aliphatic carbocycles. The number of anilines is 2. The first-order valence-electron chi connectivity index (χ1n) is 7.70. The van der Waals surface area contributed by atoms with Crippen molar-refractivity contribution in [2.75, 3.05) is 17.2 Å². The minimum Gasteiger partial charge on any atom is -0.423 e. The van der Waals surface area contributed by atoms with E-state index in [9.17, 15) is 9.59 Å². The summed E-state index contributed by atoms with van der Waals surface area (Å²) in [6.07, 6.45) is 1.75. The molecule has 0 spiro atoms. The molecule has 0 saturated heterocycles. The van der Waals surface area contributed by atoms with Gasteiger partial charge in [-0.15, -0.1) is 16.8 Å². The van der Waals surface area contributed by atoms with Crippen LogP contribution in [0, 0.1) is 0 Å². The standard InChI is InChI=1S/C17H16N4O3S2/c1-3-6-18-16-20-21-17(26-16)25-9-11-7-15(23)24-14-8-12(19-10(2)22)4-5-13(11)14/h3-5,7-8H,1,6,9H2,2H3,(H,18,20)(H,19,22). The largest absolute Gasteiger partial charge is 0.423 e. The molecule has 26 heavy (non-hydrogen) atoms. The molecule has 0 aliphatic heterocycles. The third-order valence-electron chi connectivity index (χ3n) is 3.31. The van der Waals surface area contributed by atoms with E-state index in [1.54, 1.807) is 18.2 Å². The minimum atomic E-state index is -0.432. The van der Waals surface area contributed by atoms with Gasteiger partial charge in [0.15, 0.2) is 4.34 Å². The van der Waals surface area contributed by atoms with E-state index in [0.29, 0.717) is 23.6 Å². The van der Waals surface area contributed by atoms with Crippen molar-refractivity contribution in [3.8, 4) is 0 Å². The summed E-state index contributed by atoms with van der Waals surface area (Å²) >= 11 is 2.94. The maximum atomic E-state index is 11.9. The van der Waals surface area contributed by atoms with Crippen molar-refractivity contribution in [3.05, 3.63) is 52.9 Å². The minimum absolute atomic E-state index is 0.185. The van der Waals surface area contributed by atoms with E-state index in [2.05, 4.69) is 27.4 Å². The van der Waals surface area contributed by atoms with Crippen molar-refractivity contribution >= 4 is 50.8 Å². The Morgan fingerprint density at radius 1 is 1.38 bits per heavy atom. The molecule has 0 aliphatic rings. The van der Waals surface area contributed by atoms with E-state index >= 15 is 0 Å². The number of nitrogens with one attached hydrogen (secondary N) is 2. The number of hydrogen-bond donors (Lipinski definition) is 2. The fourth-order valence-electron chi connectivity index (χ4n) is 2.27. The van der Waals surface area contributed by atoms with E-state index in [4.69, 9.17) is 4.42 Å². The fourth-order valence-corrected chi connectivity index (χ4v) is 4.02. The zero-order valence-electron chi connectivity index (χ0n) is 13.9. The van der Waals surface area contributed by atoms with E-state index in [1.807, 2.05) is 6.07 Å². The Hall–Kier alpha value is -2.65. The zero-order chi connectivity index (χ0) is 18.5. The molecule has 7 nitrogen and oxygen atoms in total. The molecule has 134 valence electrons. The number of aromatic nitrogens is 2. The summed E-state index contributed by atoms with van der Waals surface area (Å²) in [6, 6.07) is 6.73. The topological polar surface area (TPSA) is 97.1 Å². The van der Waals surface area contributed by atoms with E-state index in [1.165, 1.54) is 36.1 Å². The van der Waals surface area contributed by atoms with Crippen LogP contribution >= 0.6 is 23.1 Å². The third kappa shape index (κ3) is 4.50. The lowest BCUT2D eigenvalue weighted by atomic mass is 10.1. The monoisotopic (exact) mass is 388 g/mol. The van der Waals surface area contributed by atoms with Gasteiger partial charge in [-0.2, -0.15) is 0 Å². The first kappa shape index (κ1) is 18.2. The average molecular weight is 388 g/mol. The van der Waals surface area contributed by atoms with Gasteiger partial charge in [0.2, 0.25) is 11.0 Å². The van der Waals surface area contributed by atoms with Crippen molar-refractivity contribution < 1.29 is 9.21 Å². The Balaban J connectivity index is 1.80. The lowest BCUT2D eigenvalue weighted by Crippen LogP contribution is -2.06. The SMILES string of the molecule is C=CCNc1nnc(SCc2cc(=O)oc3cc(NC(C)=O)ccc23)s1. The number of carbonyl (C=O) groups is 1. The van der Waals surface area contributed by atoms with Gasteiger partial charge < -0.3 is 15.1 Å². The van der Waals surface area contributed by atoms with Gasteiger partial charge in [-0.1, -0.05) is 29.2 Å². The quantitative estimate of drug-likeness (QED) is 0.363. The maximum Gasteiger partial charge on any atom is 0.336 e. The highest BCUT2D eigenvalue weighted by Crippen LogP contribution is 2.30. The highest BCUT2D eigenvalue weighted by atomic mass is 32.2. The van der Waals surface area contributed by atoms with Gasteiger partial charge >= 0.3 is 5.63 Å². The van der Waals surface area contributed by atoms with Crippen molar-refractivity contribution in [1.29, 1.82) is 0 Å². The number of rotatable bonds is 7. The van der Waals surface area contributed by atoms with Crippen molar-refractivity contribution in [2.45, 2.75) is 17.0 Å². The molecule has 9 heteroatoms. The van der Waals surface area contributed by atoms with Gasteiger partial charge in [0.05, 0.1) is 0 Å². The highest BCUT2D eigenvalue weighted by Gasteiger charge is 2.10. The molecule has 2 N–H and O–H groups in total. The van der Waals surface area contributed by atoms with Crippen LogP contribution in [-0.4, -0.2) is 22.6 Å². The Labute approximate surface area is 157 Å². The summed E-state index contributed by atoms with van der Waals surface area (Å²) in [5.41, 5.74) is 1.43. The Morgan fingerprint density at radius 2 is 2.23 bits per heavy atom. The predicted molar refractivity (Wildman–Crippen MR) is 105 cm³/mol. The fraction of sp³-hybridized carbons (Fsp3) is 0.176. The summed E-state index contributed by atoms with van der Waals surface area (Å²) in [5, 5.41) is 15.5. The summed E-state index contributed by atoms with van der Waals surface area (Å²) < 4.78 is 6.06. The molecular weight excluding hydrogens is 372 g/mol. The van der Waals surface area contributed by atoms with Gasteiger partial charge in [-0.25, -0.2) is 4.79 Å². The number of thioether (sulfide) groups is 1. The van der Waals surface area contributed by atoms with Crippen LogP contribution in [0.4, 0.5) is 10.8 Å². The van der Waals surface area contributed by atoms with Gasteiger partial charge in [0, 0.05) is 42.4 Å². The number of amides is 1. The Kier molecular flexibility index (Phi) is 5.69. The third-order valence-corrected chi connectivity index (χ3v) is 5.37. The molecule has 0 fully saturated rings. The molecule has 1 aromatic carbocycles. The van der Waals surface area contributed by atoms with E-state index < -0.39 is 5.63 Å². The van der Waals surface area contributed by atoms with Crippen LogP contribution < -0.4 is 16.3 Å². The molecule has 2 heterocycles. The Morgan fingerprint density at radius 3 is 3.00 bits per heavy atom. The van der Waals surface area contributed by atoms with Crippen LogP contribution in [0.15, 0.2) is 50.5 Å². The van der Waals surface area contributed by atoms with Crippen LogP contribution in [0.25, 0.3) is 11.0 Å². The molecular formula is C17H16N4O3S2. The average Bonchev–Trinajstić information content (AvgIpc) is 3.04. The van der Waals surface area contributed by atoms with Crippen LogP contribution in [0.2, 0.25) is 0 Å². The molecule has 3 aromatic rings. The molecule has 0 radical (unpaired) electrons. The van der Waals surface area contributed by atoms with Crippen LogP contribution in [0.1, 0.15) is 12.5 Å². The summed E-state index contributed by atoms with van der Waals surface area (Å²) in [5.74, 6) is 0.369. The zero-order valence-corrected chi connectivity index (χ0v) is 15.6. The summed E-state index contributed by atoms with van der Waals surface area (Å²) in [6.45, 7) is 5.69. The van der Waals surface area contributed by atoms with Gasteiger partial charge in [-0.3, -0.25) is 4.79 Å². The number of nitrogens with zero attached hydrogens (tertiary/aromatic N) is 2. The lowest BCUT2D eigenvalue weighted by molar-refractivity contribution is -0.114. The first-order valence-corrected chi connectivity index (χ1v) is 9.51. The van der Waals surface area contributed by atoms with Crippen molar-refractivity contribution in [2.24, 2.45) is 0 Å². The molecule has 0 saturated carbocycles. The first-order chi connectivity index (χ1) is 12.5. The molecule has 1 amide bonds. The molecule has 0 bridgehead atoms. The number of benzene rings is 1. The van der Waals surface area contributed by atoms with Crippen LogP contribution in [0.5, 0.6) is 0 Å². The normalized spacial score (nSPS) is 10.7. The summed E-state index contributed by atoms with van der Waals surface area (Å²) in [4.78, 5) is 23.0. The van der Waals surface area contributed by atoms with Crippen molar-refractivity contribution in [3.63, 3.8) is 0 Å². The molecule has 3 rings (SSSR count). The van der Waals surface area contributed by atoms with E-state index in [-0.39, 0.29) is 5.91 Å². The molecule has 0 unspecified atom stereocenters. The predicted octanol–water partition coefficient (Wildman–Crippen LogP) is 3.49. The van der Waals surface area contributed by atoms with Gasteiger partial charge in [-0.05, 0) is 17.7 Å². The number of hydrogen-bond acceptors (Lipinski definition) is 8. The second-order valence-electron chi connectivity index (χ2n) is 5.31. The number of carbonyl (C=O) groups excluding carboxylic acids is 1. The summed E-state index contributed by atoms with van der Waals surface area (Å²) in [7, 11) is 0. The smallest absolute Gasteiger partial charge is 0.336 e. The second kappa shape index (κ2) is 8.15. The number of fused-ring (bicyclic) bond motifs is 1. The van der Waals surface area contributed by atoms with Crippen LogP contribution in [-0.2, 0) is 10.5 Å². The van der Waals surface area contributed by atoms with Crippen LogP contribution in [0.3, 0.4) is 0 Å². The molecule has 0 atom stereocenters. The lowest BCUT2D eigenvalue weighted by Gasteiger charge is -2.06. The van der Waals surface area contributed by atoms with E-state index in [0.717, 1.165) is 20.4 Å². The van der Waals surface area contributed by atoms with Gasteiger partial charge in [0.1, 0.15) is 5.58 Å². The highest BCUT2D eigenvalue weighted by molar-refractivity contribution is 8.00. The van der Waals surface area contributed by atoms with Gasteiger partial charge in [0.25, 0.3) is 0 Å².